The Kier molecular flexibility index (Phi) is 5.12. The highest BCUT2D eigenvalue weighted by Crippen LogP contribution is 2.38. The minimum absolute atomic E-state index is 0.0234. The summed E-state index contributed by atoms with van der Waals surface area (Å²) in [6, 6.07) is 7.06. The maximum absolute atomic E-state index is 11.9. The van der Waals surface area contributed by atoms with Crippen LogP contribution in [-0.2, 0) is 4.79 Å². The van der Waals surface area contributed by atoms with Gasteiger partial charge in [-0.1, -0.05) is 12.1 Å². The summed E-state index contributed by atoms with van der Waals surface area (Å²) < 4.78 is 5.10. The molecule has 6 heteroatoms. The third-order valence-corrected chi connectivity index (χ3v) is 4.32. The molecular weight excluding hydrogens is 300 g/mol. The van der Waals surface area contributed by atoms with Gasteiger partial charge in [0.15, 0.2) is 11.5 Å². The fourth-order valence-electron chi connectivity index (χ4n) is 2.27. The van der Waals surface area contributed by atoms with E-state index in [2.05, 4.69) is 18.0 Å². The van der Waals surface area contributed by atoms with Gasteiger partial charge in [-0.3, -0.25) is 4.79 Å². The smallest absolute Gasteiger partial charge is 0.225 e. The van der Waals surface area contributed by atoms with Crippen molar-refractivity contribution in [1.29, 1.82) is 5.26 Å². The van der Waals surface area contributed by atoms with E-state index in [1.165, 1.54) is 24.9 Å². The number of methoxy groups -OCH3 is 1. The number of hydrogen-bond donors (Lipinski definition) is 2. The van der Waals surface area contributed by atoms with E-state index in [1.807, 2.05) is 0 Å². The van der Waals surface area contributed by atoms with E-state index < -0.39 is 0 Å². The van der Waals surface area contributed by atoms with Crippen LogP contribution in [0.4, 0.5) is 0 Å². The molecule has 2 N–H and O–H groups in total. The highest BCUT2D eigenvalue weighted by Gasteiger charge is 2.29. The van der Waals surface area contributed by atoms with Gasteiger partial charge in [-0.15, -0.1) is 18.3 Å². The van der Waals surface area contributed by atoms with Crippen LogP contribution < -0.4 is 10.1 Å². The zero-order valence-corrected chi connectivity index (χ0v) is 12.9. The maximum Gasteiger partial charge on any atom is 0.225 e. The first kappa shape index (κ1) is 16.0. The lowest BCUT2D eigenvalue weighted by molar-refractivity contribution is -0.120. The molecule has 22 heavy (non-hydrogen) atoms. The first-order valence-electron chi connectivity index (χ1n) is 6.65. The largest absolute Gasteiger partial charge is 0.504 e. The van der Waals surface area contributed by atoms with Gasteiger partial charge in [0, 0.05) is 18.1 Å². The van der Waals surface area contributed by atoms with Gasteiger partial charge in [0.05, 0.1) is 23.8 Å². The molecule has 0 fully saturated rings. The molecule has 0 radical (unpaired) electrons. The van der Waals surface area contributed by atoms with Crippen LogP contribution in [0.2, 0.25) is 0 Å². The topological polar surface area (TPSA) is 82.3 Å². The predicted molar refractivity (Wildman–Crippen MR) is 85.5 cm³/mol. The number of carbonyl (C=O) groups excluding carboxylic acids is 1. The maximum atomic E-state index is 11.9. The van der Waals surface area contributed by atoms with Crippen LogP contribution in [0.3, 0.4) is 0 Å². The van der Waals surface area contributed by atoms with Gasteiger partial charge in [0.1, 0.15) is 0 Å². The van der Waals surface area contributed by atoms with Crippen LogP contribution >= 0.6 is 11.8 Å². The van der Waals surface area contributed by atoms with Crippen molar-refractivity contribution < 1.29 is 14.6 Å². The van der Waals surface area contributed by atoms with Crippen molar-refractivity contribution in [2.45, 2.75) is 12.3 Å². The summed E-state index contributed by atoms with van der Waals surface area (Å²) in [4.78, 5) is 11.9. The van der Waals surface area contributed by atoms with Crippen molar-refractivity contribution in [3.63, 3.8) is 0 Å². The van der Waals surface area contributed by atoms with E-state index in [4.69, 9.17) is 4.74 Å². The Bertz CT molecular complexity index is 676. The molecule has 0 saturated heterocycles. The molecule has 0 aromatic heterocycles. The number of allylic oxidation sites excluding steroid dienone is 1. The molecule has 1 amide bonds. The summed E-state index contributed by atoms with van der Waals surface area (Å²) in [5.74, 6) is 0.464. The third-order valence-electron chi connectivity index (χ3n) is 3.31. The molecule has 1 aromatic rings. The Labute approximate surface area is 133 Å². The second kappa shape index (κ2) is 7.05. The third kappa shape index (κ3) is 3.26. The van der Waals surface area contributed by atoms with Gasteiger partial charge in [-0.2, -0.15) is 5.26 Å². The van der Waals surface area contributed by atoms with Crippen LogP contribution in [0, 0.1) is 11.3 Å². The van der Waals surface area contributed by atoms with E-state index in [1.54, 1.807) is 18.2 Å². The number of amides is 1. The van der Waals surface area contributed by atoms with Crippen molar-refractivity contribution in [3.8, 4) is 17.6 Å². The lowest BCUT2D eigenvalue weighted by Crippen LogP contribution is -2.30. The minimum Gasteiger partial charge on any atom is -0.504 e. The number of nitrogens with zero attached hydrogens (tertiary/aromatic N) is 1. The van der Waals surface area contributed by atoms with Gasteiger partial charge in [-0.05, 0) is 17.7 Å². The number of nitrogens with one attached hydrogen (secondary N) is 1. The molecule has 114 valence electrons. The van der Waals surface area contributed by atoms with E-state index in [9.17, 15) is 15.2 Å². The zero-order chi connectivity index (χ0) is 16.1. The fraction of sp³-hybridized carbons (Fsp3) is 0.250. The van der Waals surface area contributed by atoms with Crippen molar-refractivity contribution in [2.75, 3.05) is 12.9 Å². The van der Waals surface area contributed by atoms with Crippen LogP contribution in [0.15, 0.2) is 41.5 Å². The first-order chi connectivity index (χ1) is 10.6. The summed E-state index contributed by atoms with van der Waals surface area (Å²) in [6.07, 6.45) is 1.90. The number of benzene rings is 1. The number of ether oxygens (including phenoxy) is 1. The number of thioether (sulfide) groups is 1. The van der Waals surface area contributed by atoms with E-state index in [-0.39, 0.29) is 24.0 Å². The second-order valence-corrected chi connectivity index (χ2v) is 5.72. The summed E-state index contributed by atoms with van der Waals surface area (Å²) in [7, 11) is 1.46. The summed E-state index contributed by atoms with van der Waals surface area (Å²) in [5, 5.41) is 22.5. The van der Waals surface area contributed by atoms with Crippen LogP contribution in [-0.4, -0.2) is 23.9 Å². The SMILES string of the molecule is C=CCSC1=C(C#N)C(c2ccc(O)c(OC)c2)CC(=O)N1. The van der Waals surface area contributed by atoms with Crippen LogP contribution in [0.5, 0.6) is 11.5 Å². The molecule has 0 spiro atoms. The predicted octanol–water partition coefficient (Wildman–Crippen LogP) is 2.66. The first-order valence-corrected chi connectivity index (χ1v) is 7.64. The van der Waals surface area contributed by atoms with Gasteiger partial charge < -0.3 is 15.2 Å². The number of aromatic hydroxyl groups is 1. The van der Waals surface area contributed by atoms with Crippen LogP contribution in [0.25, 0.3) is 0 Å². The molecule has 1 aliphatic heterocycles. The van der Waals surface area contributed by atoms with Gasteiger partial charge in [0.25, 0.3) is 0 Å². The van der Waals surface area contributed by atoms with Crippen LogP contribution in [0.1, 0.15) is 17.9 Å². The number of rotatable bonds is 5. The van der Waals surface area contributed by atoms with Crippen molar-refractivity contribution in [2.24, 2.45) is 0 Å². The van der Waals surface area contributed by atoms with E-state index >= 15 is 0 Å². The molecule has 1 heterocycles. The monoisotopic (exact) mass is 316 g/mol. The molecule has 1 atom stereocenters. The summed E-state index contributed by atoms with van der Waals surface area (Å²) in [5.41, 5.74) is 1.27. The van der Waals surface area contributed by atoms with Crippen molar-refractivity contribution >= 4 is 17.7 Å². The standard InChI is InChI=1S/C16H16N2O3S/c1-3-6-22-16-12(9-17)11(8-15(20)18-16)10-4-5-13(19)14(7-10)21-2/h3-5,7,11,19H,1,6,8H2,2H3,(H,18,20). The van der Waals surface area contributed by atoms with Gasteiger partial charge in [-0.25, -0.2) is 0 Å². The van der Waals surface area contributed by atoms with E-state index in [0.717, 1.165) is 5.56 Å². The molecule has 0 bridgehead atoms. The Morgan fingerprint density at radius 2 is 2.41 bits per heavy atom. The fourth-order valence-corrected chi connectivity index (χ4v) is 3.08. The highest BCUT2D eigenvalue weighted by molar-refractivity contribution is 8.03. The number of carbonyl (C=O) groups is 1. The number of phenols is 1. The Hall–Kier alpha value is -2.39. The molecule has 1 aliphatic rings. The lowest BCUT2D eigenvalue weighted by Gasteiger charge is -2.25. The van der Waals surface area contributed by atoms with Gasteiger partial charge >= 0.3 is 0 Å². The number of nitriles is 1. The molecule has 2 rings (SSSR count). The Morgan fingerprint density at radius 3 is 3.05 bits per heavy atom. The summed E-state index contributed by atoms with van der Waals surface area (Å²) in [6.45, 7) is 3.64. The minimum atomic E-state index is -0.347. The van der Waals surface area contributed by atoms with Crippen molar-refractivity contribution in [3.05, 3.63) is 47.0 Å². The lowest BCUT2D eigenvalue weighted by atomic mass is 9.87. The Balaban J connectivity index is 2.45. The zero-order valence-electron chi connectivity index (χ0n) is 12.1. The molecule has 0 saturated carbocycles. The number of phenolic OH excluding ortho intramolecular Hbond substituents is 1. The Morgan fingerprint density at radius 1 is 1.64 bits per heavy atom. The number of hydrogen-bond acceptors (Lipinski definition) is 5. The van der Waals surface area contributed by atoms with Gasteiger partial charge in [0.2, 0.25) is 5.91 Å². The average molecular weight is 316 g/mol. The van der Waals surface area contributed by atoms with Crippen molar-refractivity contribution in [1.82, 2.24) is 5.32 Å². The molecular formula is C16H16N2O3S. The van der Waals surface area contributed by atoms with E-state index in [0.29, 0.717) is 22.1 Å². The second-order valence-electron chi connectivity index (χ2n) is 4.69. The highest BCUT2D eigenvalue weighted by atomic mass is 32.2. The quantitative estimate of drug-likeness (QED) is 0.816. The average Bonchev–Trinajstić information content (AvgIpc) is 2.52. The molecule has 1 aromatic carbocycles. The normalized spacial score (nSPS) is 17.6. The molecule has 5 nitrogen and oxygen atoms in total. The summed E-state index contributed by atoms with van der Waals surface area (Å²) >= 11 is 1.37. The molecule has 1 unspecified atom stereocenters. The molecule has 0 aliphatic carbocycles.